The van der Waals surface area contributed by atoms with Crippen LogP contribution in [-0.2, 0) is 11.3 Å². The van der Waals surface area contributed by atoms with Crippen LogP contribution in [-0.4, -0.2) is 40.3 Å². The number of anilines is 1. The Morgan fingerprint density at radius 1 is 1.44 bits per heavy atom. The Labute approximate surface area is 108 Å². The fourth-order valence-electron chi connectivity index (χ4n) is 2.29. The maximum atomic E-state index is 5.86. The van der Waals surface area contributed by atoms with Gasteiger partial charge in [-0.1, -0.05) is 5.21 Å². The Balaban J connectivity index is 1.61. The molecule has 0 unspecified atom stereocenters. The number of aryl methyl sites for hydroxylation is 1. The van der Waals surface area contributed by atoms with E-state index in [0.29, 0.717) is 12.1 Å². The van der Waals surface area contributed by atoms with E-state index in [-0.39, 0.29) is 0 Å². The summed E-state index contributed by atoms with van der Waals surface area (Å²) in [5.41, 5.74) is 5.86. The lowest BCUT2D eigenvalue weighted by atomic mass is 9.94. The molecule has 0 radical (unpaired) electrons. The summed E-state index contributed by atoms with van der Waals surface area (Å²) in [6.45, 7) is 4.37. The molecule has 1 heterocycles. The number of nitrogens with two attached hydrogens (primary N) is 1. The Morgan fingerprint density at radius 3 is 2.94 bits per heavy atom. The van der Waals surface area contributed by atoms with E-state index >= 15 is 0 Å². The first-order chi connectivity index (χ1) is 8.79. The van der Waals surface area contributed by atoms with Gasteiger partial charge in [0, 0.05) is 19.1 Å². The topological polar surface area (TPSA) is 78.0 Å². The molecule has 1 saturated carbocycles. The van der Waals surface area contributed by atoms with Gasteiger partial charge in [-0.2, -0.15) is 0 Å². The molecular weight excluding hydrogens is 230 g/mol. The molecule has 0 atom stereocenters. The molecule has 6 nitrogen and oxygen atoms in total. The Hall–Kier alpha value is -1.14. The second-order valence-corrected chi connectivity index (χ2v) is 4.77. The van der Waals surface area contributed by atoms with Crippen molar-refractivity contribution < 1.29 is 4.74 Å². The standard InChI is InChI=1S/C12H23N5O/c1-2-17-12(9-15-16-17)14-7-8-18-11-5-3-10(13)4-6-11/h9-11,14H,2-8,13H2,1H3. The SMILES string of the molecule is CCn1nncc1NCCOC1CCC(N)CC1. The highest BCUT2D eigenvalue weighted by molar-refractivity contribution is 5.30. The number of nitrogens with zero attached hydrogens (tertiary/aromatic N) is 3. The van der Waals surface area contributed by atoms with Gasteiger partial charge in [0.05, 0.1) is 18.9 Å². The highest BCUT2D eigenvalue weighted by Gasteiger charge is 2.18. The van der Waals surface area contributed by atoms with Crippen LogP contribution in [0.3, 0.4) is 0 Å². The molecule has 0 bridgehead atoms. The van der Waals surface area contributed by atoms with Gasteiger partial charge in [0.25, 0.3) is 0 Å². The summed E-state index contributed by atoms with van der Waals surface area (Å²) in [6.07, 6.45) is 6.49. The first-order valence-electron chi connectivity index (χ1n) is 6.79. The van der Waals surface area contributed by atoms with E-state index in [1.54, 1.807) is 6.20 Å². The summed E-state index contributed by atoms with van der Waals surface area (Å²) in [7, 11) is 0. The van der Waals surface area contributed by atoms with Gasteiger partial charge >= 0.3 is 0 Å². The molecular formula is C12H23N5O. The lowest BCUT2D eigenvalue weighted by Gasteiger charge is -2.26. The van der Waals surface area contributed by atoms with E-state index < -0.39 is 0 Å². The summed E-state index contributed by atoms with van der Waals surface area (Å²) < 4.78 is 7.67. The van der Waals surface area contributed by atoms with Gasteiger partial charge in [0.2, 0.25) is 0 Å². The van der Waals surface area contributed by atoms with Crippen LogP contribution < -0.4 is 11.1 Å². The maximum Gasteiger partial charge on any atom is 0.144 e. The molecule has 102 valence electrons. The normalized spacial score (nSPS) is 24.1. The van der Waals surface area contributed by atoms with Crippen molar-refractivity contribution in [3.63, 3.8) is 0 Å². The minimum absolute atomic E-state index is 0.382. The van der Waals surface area contributed by atoms with Crippen molar-refractivity contribution in [2.45, 2.75) is 51.3 Å². The minimum Gasteiger partial charge on any atom is -0.376 e. The summed E-state index contributed by atoms with van der Waals surface area (Å²) in [5, 5.41) is 11.1. The monoisotopic (exact) mass is 253 g/mol. The minimum atomic E-state index is 0.382. The fourth-order valence-corrected chi connectivity index (χ4v) is 2.29. The van der Waals surface area contributed by atoms with Crippen molar-refractivity contribution in [3.05, 3.63) is 6.20 Å². The van der Waals surface area contributed by atoms with Crippen molar-refractivity contribution in [1.82, 2.24) is 15.0 Å². The van der Waals surface area contributed by atoms with Gasteiger partial charge in [-0.25, -0.2) is 4.68 Å². The fraction of sp³-hybridized carbons (Fsp3) is 0.833. The van der Waals surface area contributed by atoms with Crippen molar-refractivity contribution in [1.29, 1.82) is 0 Å². The molecule has 6 heteroatoms. The van der Waals surface area contributed by atoms with E-state index in [1.165, 1.54) is 0 Å². The van der Waals surface area contributed by atoms with Crippen LogP contribution in [0, 0.1) is 0 Å². The van der Waals surface area contributed by atoms with Crippen LogP contribution in [0.4, 0.5) is 5.82 Å². The Morgan fingerprint density at radius 2 is 2.22 bits per heavy atom. The first-order valence-corrected chi connectivity index (χ1v) is 6.79. The predicted octanol–water partition coefficient (Wildman–Crippen LogP) is 0.996. The molecule has 2 rings (SSSR count). The third-order valence-corrected chi connectivity index (χ3v) is 3.40. The summed E-state index contributed by atoms with van der Waals surface area (Å²) in [5.74, 6) is 0.951. The lowest BCUT2D eigenvalue weighted by molar-refractivity contribution is 0.0312. The van der Waals surface area contributed by atoms with Gasteiger partial charge in [0.15, 0.2) is 0 Å². The zero-order valence-electron chi connectivity index (χ0n) is 11.0. The van der Waals surface area contributed by atoms with Crippen LogP contribution in [0.1, 0.15) is 32.6 Å². The van der Waals surface area contributed by atoms with E-state index in [1.807, 2.05) is 11.6 Å². The Kier molecular flexibility index (Phi) is 4.95. The molecule has 0 spiro atoms. The number of rotatable bonds is 6. The van der Waals surface area contributed by atoms with Crippen molar-refractivity contribution in [2.75, 3.05) is 18.5 Å². The Bertz CT molecular complexity index is 346. The molecule has 0 aromatic carbocycles. The molecule has 0 amide bonds. The van der Waals surface area contributed by atoms with Crippen LogP contribution >= 0.6 is 0 Å². The van der Waals surface area contributed by atoms with E-state index in [2.05, 4.69) is 15.6 Å². The molecule has 0 saturated heterocycles. The second kappa shape index (κ2) is 6.70. The average Bonchev–Trinajstić information content (AvgIpc) is 2.84. The molecule has 1 aromatic heterocycles. The molecule has 3 N–H and O–H groups in total. The van der Waals surface area contributed by atoms with E-state index in [0.717, 1.165) is 51.2 Å². The average molecular weight is 253 g/mol. The number of hydrogen-bond acceptors (Lipinski definition) is 5. The van der Waals surface area contributed by atoms with Gasteiger partial charge < -0.3 is 15.8 Å². The first kappa shape index (κ1) is 13.3. The van der Waals surface area contributed by atoms with Crippen LogP contribution in [0.25, 0.3) is 0 Å². The van der Waals surface area contributed by atoms with Crippen molar-refractivity contribution in [2.24, 2.45) is 5.73 Å². The summed E-state index contributed by atoms with van der Waals surface area (Å²) in [4.78, 5) is 0. The predicted molar refractivity (Wildman–Crippen MR) is 70.4 cm³/mol. The third kappa shape index (κ3) is 3.68. The van der Waals surface area contributed by atoms with Crippen molar-refractivity contribution >= 4 is 5.82 Å². The number of aromatic nitrogens is 3. The lowest BCUT2D eigenvalue weighted by Crippen LogP contribution is -2.31. The highest BCUT2D eigenvalue weighted by Crippen LogP contribution is 2.19. The van der Waals surface area contributed by atoms with E-state index in [9.17, 15) is 0 Å². The van der Waals surface area contributed by atoms with Gasteiger partial charge in [-0.15, -0.1) is 5.10 Å². The largest absolute Gasteiger partial charge is 0.376 e. The molecule has 1 aliphatic rings. The summed E-state index contributed by atoms with van der Waals surface area (Å²) in [6, 6.07) is 0.382. The van der Waals surface area contributed by atoms with Gasteiger partial charge in [0.1, 0.15) is 5.82 Å². The molecule has 1 aromatic rings. The van der Waals surface area contributed by atoms with Gasteiger partial charge in [-0.3, -0.25) is 0 Å². The van der Waals surface area contributed by atoms with E-state index in [4.69, 9.17) is 10.5 Å². The van der Waals surface area contributed by atoms with Crippen LogP contribution in [0.15, 0.2) is 6.20 Å². The van der Waals surface area contributed by atoms with Crippen LogP contribution in [0.5, 0.6) is 0 Å². The highest BCUT2D eigenvalue weighted by atomic mass is 16.5. The molecule has 18 heavy (non-hydrogen) atoms. The quantitative estimate of drug-likeness (QED) is 0.739. The van der Waals surface area contributed by atoms with Crippen LogP contribution in [0.2, 0.25) is 0 Å². The van der Waals surface area contributed by atoms with Crippen molar-refractivity contribution in [3.8, 4) is 0 Å². The number of nitrogens with one attached hydrogen (secondary N) is 1. The summed E-state index contributed by atoms with van der Waals surface area (Å²) >= 11 is 0. The van der Waals surface area contributed by atoms with Gasteiger partial charge in [-0.05, 0) is 32.6 Å². The maximum absolute atomic E-state index is 5.86. The number of hydrogen-bond donors (Lipinski definition) is 2. The zero-order chi connectivity index (χ0) is 12.8. The number of ether oxygens (including phenoxy) is 1. The molecule has 1 aliphatic carbocycles. The molecule has 0 aliphatic heterocycles. The zero-order valence-corrected chi connectivity index (χ0v) is 11.0. The third-order valence-electron chi connectivity index (χ3n) is 3.40. The second-order valence-electron chi connectivity index (χ2n) is 4.77. The molecule has 1 fully saturated rings. The smallest absolute Gasteiger partial charge is 0.144 e.